The molecular formula is C36H68O11S. The molecule has 1 aliphatic heterocycles. The minimum Gasteiger partial charge on any atom is -0.455 e. The van der Waals surface area contributed by atoms with Crippen LogP contribution in [0.3, 0.4) is 0 Å². The van der Waals surface area contributed by atoms with Crippen LogP contribution in [0.5, 0.6) is 0 Å². The van der Waals surface area contributed by atoms with Gasteiger partial charge < -0.3 is 24.1 Å². The van der Waals surface area contributed by atoms with Crippen molar-refractivity contribution >= 4 is 22.3 Å². The van der Waals surface area contributed by atoms with Crippen molar-refractivity contribution in [3.8, 4) is 0 Å². The molecule has 0 spiro atoms. The Hall–Kier alpha value is -1.31. The number of aliphatic hydroxyl groups excluding tert-OH is 1. The number of aliphatic hydroxyl groups is 1. The molecule has 11 nitrogen and oxygen atoms in total. The topological polar surface area (TPSA) is 155 Å². The van der Waals surface area contributed by atoms with Gasteiger partial charge in [0.1, 0.15) is 12.2 Å². The second kappa shape index (κ2) is 28.4. The summed E-state index contributed by atoms with van der Waals surface area (Å²) >= 11 is 0. The number of ether oxygens (including phenoxy) is 4. The standard InChI is InChI=1S/C36H68O11S/c1-4-6-8-10-12-14-16-18-20-22-24-26-28-32(39)46-35-34(33(47-48(40,41)42)30(29-37)44-36(35)43-3)45-31(38)27-25-23-21-19-17-15-13-11-9-7-5-2/h30,33-37H,4-29H2,1-3H3,(H,40,41,42)/t30-,33-,34+,35-,36?/m1/s1. The molecule has 284 valence electrons. The maximum Gasteiger partial charge on any atom is 0.397 e. The second-order valence-electron chi connectivity index (χ2n) is 13.3. The van der Waals surface area contributed by atoms with Crippen LogP contribution in [0.1, 0.15) is 174 Å². The van der Waals surface area contributed by atoms with Crippen LogP contribution >= 0.6 is 0 Å². The molecule has 1 unspecified atom stereocenters. The molecule has 1 rings (SSSR count). The zero-order valence-corrected chi connectivity index (χ0v) is 31.1. The second-order valence-corrected chi connectivity index (χ2v) is 14.3. The molecule has 0 aliphatic carbocycles. The Morgan fingerprint density at radius 1 is 0.583 bits per heavy atom. The summed E-state index contributed by atoms with van der Waals surface area (Å²) < 4.78 is 60.0. The zero-order valence-electron chi connectivity index (χ0n) is 30.2. The van der Waals surface area contributed by atoms with E-state index in [4.69, 9.17) is 23.1 Å². The fourth-order valence-corrected chi connectivity index (χ4v) is 6.71. The van der Waals surface area contributed by atoms with Crippen molar-refractivity contribution in [2.45, 2.75) is 205 Å². The molecule has 1 aliphatic rings. The number of esters is 2. The van der Waals surface area contributed by atoms with Crippen molar-refractivity contribution in [3.05, 3.63) is 0 Å². The number of hydrogen-bond donors (Lipinski definition) is 2. The van der Waals surface area contributed by atoms with Gasteiger partial charge in [0.15, 0.2) is 18.5 Å². The molecule has 5 atom stereocenters. The van der Waals surface area contributed by atoms with Gasteiger partial charge in [-0.05, 0) is 12.8 Å². The van der Waals surface area contributed by atoms with Gasteiger partial charge in [-0.15, -0.1) is 0 Å². The third-order valence-electron chi connectivity index (χ3n) is 8.99. The first-order valence-electron chi connectivity index (χ1n) is 19.0. The maximum absolute atomic E-state index is 12.9. The van der Waals surface area contributed by atoms with Gasteiger partial charge in [0.05, 0.1) is 6.61 Å². The first kappa shape index (κ1) is 44.7. The summed E-state index contributed by atoms with van der Waals surface area (Å²) in [5.74, 6) is -1.23. The molecule has 0 radical (unpaired) electrons. The van der Waals surface area contributed by atoms with Crippen molar-refractivity contribution in [1.82, 2.24) is 0 Å². The first-order chi connectivity index (χ1) is 23.2. The predicted octanol–water partition coefficient (Wildman–Crippen LogP) is 8.15. The van der Waals surface area contributed by atoms with Gasteiger partial charge in [-0.1, -0.05) is 149 Å². The minimum atomic E-state index is -5.05. The number of unbranched alkanes of at least 4 members (excludes halogenated alkanes) is 21. The third-order valence-corrected chi connectivity index (χ3v) is 9.46. The lowest BCUT2D eigenvalue weighted by atomic mass is 9.98. The van der Waals surface area contributed by atoms with Crippen LogP contribution in [0.25, 0.3) is 0 Å². The van der Waals surface area contributed by atoms with E-state index in [-0.39, 0.29) is 12.8 Å². The molecular weight excluding hydrogens is 640 g/mol. The van der Waals surface area contributed by atoms with Gasteiger partial charge in [-0.25, -0.2) is 4.18 Å². The first-order valence-corrected chi connectivity index (χ1v) is 20.4. The van der Waals surface area contributed by atoms with Crippen LogP contribution in [0.2, 0.25) is 0 Å². The number of hydrogen-bond acceptors (Lipinski definition) is 10. The summed E-state index contributed by atoms with van der Waals surface area (Å²) in [5, 5.41) is 9.90. The number of rotatable bonds is 31. The van der Waals surface area contributed by atoms with Crippen LogP contribution in [0, 0.1) is 0 Å². The van der Waals surface area contributed by atoms with E-state index in [9.17, 15) is 27.7 Å². The van der Waals surface area contributed by atoms with E-state index in [0.29, 0.717) is 12.8 Å². The van der Waals surface area contributed by atoms with Crippen molar-refractivity contribution in [2.75, 3.05) is 13.7 Å². The summed E-state index contributed by atoms with van der Waals surface area (Å²) in [7, 11) is -3.76. The molecule has 2 N–H and O–H groups in total. The molecule has 0 bridgehead atoms. The quantitative estimate of drug-likeness (QED) is 0.0407. The third kappa shape index (κ3) is 21.7. The van der Waals surface area contributed by atoms with Gasteiger partial charge in [0.2, 0.25) is 0 Å². The fraction of sp³-hybridized carbons (Fsp3) is 0.944. The number of carbonyl (C=O) groups is 2. The SMILES string of the molecule is CCCCCCCCCCCCCCC(=O)O[C@H]1C(OC)O[C@H](CO)[C@@H](OS(=O)(=O)O)[C@@H]1OC(=O)CCCCCCCCCCCCC. The number of methoxy groups -OCH3 is 1. The Balaban J connectivity index is 2.61. The summed E-state index contributed by atoms with van der Waals surface area (Å²) in [6, 6.07) is 0. The van der Waals surface area contributed by atoms with E-state index in [2.05, 4.69) is 13.8 Å². The van der Waals surface area contributed by atoms with Crippen LogP contribution < -0.4 is 0 Å². The minimum absolute atomic E-state index is 0.0634. The molecule has 0 amide bonds. The Morgan fingerprint density at radius 3 is 1.27 bits per heavy atom. The summed E-state index contributed by atoms with van der Waals surface area (Å²) in [4.78, 5) is 25.8. The normalized spacial score (nSPS) is 21.3. The van der Waals surface area contributed by atoms with Gasteiger partial charge >= 0.3 is 22.3 Å². The van der Waals surface area contributed by atoms with E-state index in [1.54, 1.807) is 0 Å². The Labute approximate surface area is 291 Å². The summed E-state index contributed by atoms with van der Waals surface area (Å²) in [5.41, 5.74) is 0. The molecule has 48 heavy (non-hydrogen) atoms. The monoisotopic (exact) mass is 708 g/mol. The van der Waals surface area contributed by atoms with E-state index in [1.807, 2.05) is 0 Å². The fourth-order valence-electron chi connectivity index (χ4n) is 6.20. The van der Waals surface area contributed by atoms with Gasteiger partial charge in [-0.2, -0.15) is 8.42 Å². The highest BCUT2D eigenvalue weighted by Gasteiger charge is 2.52. The molecule has 0 aromatic heterocycles. The molecule has 0 aromatic carbocycles. The Kier molecular flexibility index (Phi) is 26.4. The van der Waals surface area contributed by atoms with Crippen molar-refractivity contribution in [2.24, 2.45) is 0 Å². The molecule has 12 heteroatoms. The van der Waals surface area contributed by atoms with Crippen molar-refractivity contribution in [1.29, 1.82) is 0 Å². The van der Waals surface area contributed by atoms with Crippen LogP contribution in [-0.2, 0) is 43.1 Å². The predicted molar refractivity (Wildman–Crippen MR) is 186 cm³/mol. The molecule has 1 saturated heterocycles. The lowest BCUT2D eigenvalue weighted by Crippen LogP contribution is -2.62. The highest BCUT2D eigenvalue weighted by molar-refractivity contribution is 7.80. The average Bonchev–Trinajstić information content (AvgIpc) is 3.05. The zero-order chi connectivity index (χ0) is 35.5. The van der Waals surface area contributed by atoms with Crippen molar-refractivity contribution < 1.29 is 50.8 Å². The maximum atomic E-state index is 12.9. The molecule has 1 heterocycles. The lowest BCUT2D eigenvalue weighted by molar-refractivity contribution is -0.296. The summed E-state index contributed by atoms with van der Waals surface area (Å²) in [6.45, 7) is 3.70. The van der Waals surface area contributed by atoms with Crippen LogP contribution in [0.15, 0.2) is 0 Å². The lowest BCUT2D eigenvalue weighted by Gasteiger charge is -2.43. The molecule has 0 aromatic rings. The van der Waals surface area contributed by atoms with E-state index < -0.39 is 59.7 Å². The molecule has 1 fully saturated rings. The Bertz CT molecular complexity index is 914. The van der Waals surface area contributed by atoms with Gasteiger partial charge in [-0.3, -0.25) is 14.1 Å². The summed E-state index contributed by atoms with van der Waals surface area (Å²) in [6.07, 6.45) is 19.0. The smallest absolute Gasteiger partial charge is 0.397 e. The van der Waals surface area contributed by atoms with E-state index in [1.165, 1.54) is 103 Å². The van der Waals surface area contributed by atoms with E-state index >= 15 is 0 Å². The molecule has 0 saturated carbocycles. The van der Waals surface area contributed by atoms with Crippen molar-refractivity contribution in [3.63, 3.8) is 0 Å². The van der Waals surface area contributed by atoms with E-state index in [0.717, 1.165) is 38.5 Å². The number of carbonyl (C=O) groups excluding carboxylic acids is 2. The highest BCUT2D eigenvalue weighted by Crippen LogP contribution is 2.30. The van der Waals surface area contributed by atoms with Crippen LogP contribution in [-0.4, -0.2) is 74.4 Å². The van der Waals surface area contributed by atoms with Gasteiger partial charge in [0, 0.05) is 20.0 Å². The average molecular weight is 709 g/mol. The highest BCUT2D eigenvalue weighted by atomic mass is 32.3. The van der Waals surface area contributed by atoms with Crippen LogP contribution in [0.4, 0.5) is 0 Å². The van der Waals surface area contributed by atoms with Gasteiger partial charge in [0.25, 0.3) is 0 Å². The largest absolute Gasteiger partial charge is 0.455 e. The Morgan fingerprint density at radius 2 is 0.938 bits per heavy atom.